The molecule has 20 heavy (non-hydrogen) atoms. The number of ether oxygens (including phenoxy) is 1. The number of carbonyl (C=O) groups is 1. The molecule has 1 aromatic rings. The predicted octanol–water partition coefficient (Wildman–Crippen LogP) is 2.30. The second kappa shape index (κ2) is 6.75. The highest BCUT2D eigenvalue weighted by molar-refractivity contribution is 5.78. The third-order valence-corrected chi connectivity index (χ3v) is 3.93. The molecule has 1 unspecified atom stereocenters. The summed E-state index contributed by atoms with van der Waals surface area (Å²) in [7, 11) is 1.65. The molecule has 0 bridgehead atoms. The molecule has 1 aliphatic heterocycles. The van der Waals surface area contributed by atoms with Gasteiger partial charge in [0.1, 0.15) is 5.75 Å². The van der Waals surface area contributed by atoms with Gasteiger partial charge in [0.25, 0.3) is 0 Å². The van der Waals surface area contributed by atoms with Crippen molar-refractivity contribution >= 4 is 5.91 Å². The Morgan fingerprint density at radius 1 is 1.45 bits per heavy atom. The van der Waals surface area contributed by atoms with Gasteiger partial charge in [-0.15, -0.1) is 0 Å². The topological polar surface area (TPSA) is 55.6 Å². The summed E-state index contributed by atoms with van der Waals surface area (Å²) in [6.07, 6.45) is 2.98. The maximum absolute atomic E-state index is 12.0. The lowest BCUT2D eigenvalue weighted by Crippen LogP contribution is -2.24. The first-order valence-electron chi connectivity index (χ1n) is 7.31. The number of nitrogens with zero attached hydrogens (tertiary/aromatic N) is 1. The van der Waals surface area contributed by atoms with E-state index in [-0.39, 0.29) is 5.91 Å². The number of nitrogens with two attached hydrogens (primary N) is 1. The Kier molecular flexibility index (Phi) is 5.01. The quantitative estimate of drug-likeness (QED) is 0.867. The molecule has 0 aromatic heterocycles. The van der Waals surface area contributed by atoms with E-state index in [1.165, 1.54) is 0 Å². The van der Waals surface area contributed by atoms with Gasteiger partial charge in [-0.05, 0) is 30.0 Å². The number of likely N-dealkylation sites (tertiary alicyclic amines) is 1. The van der Waals surface area contributed by atoms with Crippen molar-refractivity contribution in [2.24, 2.45) is 11.7 Å². The van der Waals surface area contributed by atoms with Crippen LogP contribution in [0.2, 0.25) is 0 Å². The van der Waals surface area contributed by atoms with Crippen LogP contribution in [0.15, 0.2) is 18.2 Å². The highest BCUT2D eigenvalue weighted by Gasteiger charge is 2.28. The molecule has 1 atom stereocenters. The van der Waals surface area contributed by atoms with Crippen LogP contribution in [0.4, 0.5) is 0 Å². The summed E-state index contributed by atoms with van der Waals surface area (Å²) >= 11 is 0. The lowest BCUT2D eigenvalue weighted by Gasteiger charge is -2.18. The molecule has 0 radical (unpaired) electrons. The first kappa shape index (κ1) is 14.9. The fourth-order valence-electron chi connectivity index (χ4n) is 2.92. The number of rotatable bonds is 6. The van der Waals surface area contributed by atoms with Crippen molar-refractivity contribution in [3.05, 3.63) is 29.3 Å². The van der Waals surface area contributed by atoms with E-state index >= 15 is 0 Å². The van der Waals surface area contributed by atoms with Gasteiger partial charge >= 0.3 is 0 Å². The van der Waals surface area contributed by atoms with Crippen LogP contribution in [0.5, 0.6) is 5.75 Å². The summed E-state index contributed by atoms with van der Waals surface area (Å²) in [5.41, 5.74) is 7.84. The lowest BCUT2D eigenvalue weighted by molar-refractivity contribution is -0.128. The van der Waals surface area contributed by atoms with Crippen LogP contribution in [0, 0.1) is 5.92 Å². The van der Waals surface area contributed by atoms with Gasteiger partial charge in [0.2, 0.25) is 5.91 Å². The molecule has 1 fully saturated rings. The summed E-state index contributed by atoms with van der Waals surface area (Å²) in [6, 6.07) is 5.99. The van der Waals surface area contributed by atoms with E-state index in [1.54, 1.807) is 7.11 Å². The zero-order valence-corrected chi connectivity index (χ0v) is 12.4. The van der Waals surface area contributed by atoms with Gasteiger partial charge in [-0.25, -0.2) is 0 Å². The Morgan fingerprint density at radius 3 is 2.90 bits per heavy atom. The molecule has 1 aromatic carbocycles. The largest absolute Gasteiger partial charge is 0.496 e. The molecule has 4 nitrogen and oxygen atoms in total. The van der Waals surface area contributed by atoms with Gasteiger partial charge in [0, 0.05) is 31.6 Å². The monoisotopic (exact) mass is 276 g/mol. The van der Waals surface area contributed by atoms with E-state index in [1.807, 2.05) is 23.1 Å². The maximum atomic E-state index is 12.0. The van der Waals surface area contributed by atoms with Gasteiger partial charge in [-0.2, -0.15) is 0 Å². The second-order valence-corrected chi connectivity index (χ2v) is 5.48. The average molecular weight is 276 g/mol. The Bertz CT molecular complexity index is 474. The molecule has 110 valence electrons. The SMILES string of the molecule is CCCC1CC(=O)N(Cc2ccc(OC)c(CN)c2)C1. The molecule has 4 heteroatoms. The molecule has 2 N–H and O–H groups in total. The van der Waals surface area contributed by atoms with E-state index < -0.39 is 0 Å². The average Bonchev–Trinajstić information content (AvgIpc) is 2.79. The summed E-state index contributed by atoms with van der Waals surface area (Å²) in [6.45, 7) is 4.18. The minimum Gasteiger partial charge on any atom is -0.496 e. The minimum atomic E-state index is 0.272. The number of hydrogen-bond acceptors (Lipinski definition) is 3. The predicted molar refractivity (Wildman–Crippen MR) is 79.3 cm³/mol. The van der Waals surface area contributed by atoms with E-state index in [2.05, 4.69) is 6.92 Å². The third kappa shape index (κ3) is 3.31. The number of methoxy groups -OCH3 is 1. The van der Waals surface area contributed by atoms with E-state index in [4.69, 9.17) is 10.5 Å². The summed E-state index contributed by atoms with van der Waals surface area (Å²) in [4.78, 5) is 14.0. The molecule has 1 saturated heterocycles. The van der Waals surface area contributed by atoms with Crippen molar-refractivity contribution in [1.29, 1.82) is 0 Å². The fraction of sp³-hybridized carbons (Fsp3) is 0.562. The summed E-state index contributed by atoms with van der Waals surface area (Å²) < 4.78 is 5.27. The molecule has 2 rings (SSSR count). The Balaban J connectivity index is 2.05. The second-order valence-electron chi connectivity index (χ2n) is 5.48. The molecular formula is C16H24N2O2. The zero-order valence-electron chi connectivity index (χ0n) is 12.4. The first-order chi connectivity index (χ1) is 9.67. The van der Waals surface area contributed by atoms with Gasteiger partial charge < -0.3 is 15.4 Å². The minimum absolute atomic E-state index is 0.272. The van der Waals surface area contributed by atoms with E-state index in [9.17, 15) is 4.79 Å². The molecule has 1 heterocycles. The summed E-state index contributed by atoms with van der Waals surface area (Å²) in [5, 5.41) is 0. The highest BCUT2D eigenvalue weighted by Crippen LogP contribution is 2.25. The maximum Gasteiger partial charge on any atom is 0.223 e. The number of carbonyl (C=O) groups excluding carboxylic acids is 1. The molecule has 0 saturated carbocycles. The van der Waals surface area contributed by atoms with Gasteiger partial charge in [0.05, 0.1) is 7.11 Å². The van der Waals surface area contributed by atoms with Gasteiger partial charge in [0.15, 0.2) is 0 Å². The van der Waals surface area contributed by atoms with Crippen molar-refractivity contribution < 1.29 is 9.53 Å². The number of amides is 1. The van der Waals surface area contributed by atoms with Crippen molar-refractivity contribution in [1.82, 2.24) is 4.90 Å². The zero-order chi connectivity index (χ0) is 14.5. The fourth-order valence-corrected chi connectivity index (χ4v) is 2.92. The summed E-state index contributed by atoms with van der Waals surface area (Å²) in [5.74, 6) is 1.61. The van der Waals surface area contributed by atoms with Crippen molar-refractivity contribution in [3.63, 3.8) is 0 Å². The van der Waals surface area contributed by atoms with E-state index in [0.717, 1.165) is 36.3 Å². The van der Waals surface area contributed by atoms with Crippen LogP contribution in [-0.4, -0.2) is 24.5 Å². The Hall–Kier alpha value is -1.55. The van der Waals surface area contributed by atoms with Crippen LogP contribution in [-0.2, 0) is 17.9 Å². The number of benzene rings is 1. The van der Waals surface area contributed by atoms with Crippen LogP contribution in [0.1, 0.15) is 37.3 Å². The highest BCUT2D eigenvalue weighted by atomic mass is 16.5. The normalized spacial score (nSPS) is 18.6. The lowest BCUT2D eigenvalue weighted by atomic mass is 10.0. The van der Waals surface area contributed by atoms with Crippen molar-refractivity contribution in [2.45, 2.75) is 39.3 Å². The molecule has 1 amide bonds. The van der Waals surface area contributed by atoms with Crippen molar-refractivity contribution in [2.75, 3.05) is 13.7 Å². The van der Waals surface area contributed by atoms with E-state index in [0.29, 0.717) is 25.4 Å². The van der Waals surface area contributed by atoms with Gasteiger partial charge in [-0.3, -0.25) is 4.79 Å². The Labute approximate surface area is 120 Å². The van der Waals surface area contributed by atoms with Crippen LogP contribution < -0.4 is 10.5 Å². The van der Waals surface area contributed by atoms with Crippen molar-refractivity contribution in [3.8, 4) is 5.75 Å². The third-order valence-electron chi connectivity index (χ3n) is 3.93. The molecule has 1 aliphatic rings. The molecule has 0 spiro atoms. The number of hydrogen-bond donors (Lipinski definition) is 1. The van der Waals surface area contributed by atoms with Crippen LogP contribution in [0.25, 0.3) is 0 Å². The molecular weight excluding hydrogens is 252 g/mol. The Morgan fingerprint density at radius 2 is 2.25 bits per heavy atom. The molecule has 0 aliphatic carbocycles. The van der Waals surface area contributed by atoms with Crippen LogP contribution >= 0.6 is 0 Å². The smallest absolute Gasteiger partial charge is 0.223 e. The van der Waals surface area contributed by atoms with Crippen LogP contribution in [0.3, 0.4) is 0 Å². The van der Waals surface area contributed by atoms with Gasteiger partial charge in [-0.1, -0.05) is 19.4 Å². The first-order valence-corrected chi connectivity index (χ1v) is 7.31. The standard InChI is InChI=1S/C16H24N2O2/c1-3-4-12-8-16(19)18(10-12)11-13-5-6-15(20-2)14(7-13)9-17/h5-7,12H,3-4,8-11,17H2,1-2H3.